The first-order valence-electron chi connectivity index (χ1n) is 12.0. The van der Waals surface area contributed by atoms with Crippen molar-refractivity contribution in [3.05, 3.63) is 137 Å². The lowest BCUT2D eigenvalue weighted by Gasteiger charge is -2.23. The van der Waals surface area contributed by atoms with Gasteiger partial charge in [-0.25, -0.2) is 0 Å². The van der Waals surface area contributed by atoms with E-state index in [9.17, 15) is 0 Å². The van der Waals surface area contributed by atoms with Crippen LogP contribution >= 0.6 is 0 Å². The summed E-state index contributed by atoms with van der Waals surface area (Å²) in [7, 11) is 0. The van der Waals surface area contributed by atoms with E-state index in [1.54, 1.807) is 0 Å². The lowest BCUT2D eigenvalue weighted by atomic mass is 9.92. The molecule has 3 aromatic carbocycles. The Morgan fingerprint density at radius 2 is 1.65 bits per heavy atom. The molecule has 1 aliphatic heterocycles. The van der Waals surface area contributed by atoms with E-state index >= 15 is 0 Å². The summed E-state index contributed by atoms with van der Waals surface area (Å²) in [4.78, 5) is 0. The van der Waals surface area contributed by atoms with Crippen molar-refractivity contribution in [2.45, 2.75) is 26.3 Å². The maximum atomic E-state index is 3.61. The van der Waals surface area contributed by atoms with E-state index in [4.69, 9.17) is 0 Å². The van der Waals surface area contributed by atoms with Crippen LogP contribution in [0.25, 0.3) is 27.9 Å². The predicted molar refractivity (Wildman–Crippen MR) is 144 cm³/mol. The van der Waals surface area contributed by atoms with Crippen molar-refractivity contribution >= 4 is 27.9 Å². The highest BCUT2D eigenvalue weighted by Crippen LogP contribution is 2.30. The number of aryl methyl sites for hydroxylation is 1. The third kappa shape index (κ3) is 3.52. The van der Waals surface area contributed by atoms with Gasteiger partial charge in [-0.15, -0.1) is 0 Å². The van der Waals surface area contributed by atoms with Gasteiger partial charge < -0.3 is 9.72 Å². The molecule has 166 valence electrons. The highest BCUT2D eigenvalue weighted by molar-refractivity contribution is 5.99. The Hall–Kier alpha value is -4.04. The quantitative estimate of drug-likeness (QED) is 0.326. The van der Waals surface area contributed by atoms with Crippen LogP contribution in [0.4, 0.5) is 0 Å². The van der Waals surface area contributed by atoms with E-state index in [-0.39, 0.29) is 6.04 Å². The highest BCUT2D eigenvalue weighted by atomic mass is 14.9. The Labute approximate surface area is 200 Å². The molecule has 2 nitrogen and oxygen atoms in total. The van der Waals surface area contributed by atoms with E-state index in [0.29, 0.717) is 0 Å². The van der Waals surface area contributed by atoms with Crippen molar-refractivity contribution < 1.29 is 0 Å². The number of rotatable bonds is 4. The Morgan fingerprint density at radius 3 is 2.47 bits per heavy atom. The Bertz CT molecular complexity index is 1620. The minimum Gasteiger partial charge on any atom is -0.380 e. The molecule has 1 atom stereocenters. The van der Waals surface area contributed by atoms with Gasteiger partial charge in [-0.2, -0.15) is 0 Å². The van der Waals surface area contributed by atoms with Crippen molar-refractivity contribution in [3.8, 4) is 0 Å². The van der Waals surface area contributed by atoms with Crippen LogP contribution in [0.15, 0.2) is 109 Å². The molecular formula is C32H28N2. The zero-order valence-electron chi connectivity index (χ0n) is 19.6. The second-order valence-electron chi connectivity index (χ2n) is 9.22. The van der Waals surface area contributed by atoms with Gasteiger partial charge in [-0.05, 0) is 54.2 Å². The van der Waals surface area contributed by atoms with Crippen LogP contribution < -0.4 is 10.7 Å². The monoisotopic (exact) mass is 440 g/mol. The van der Waals surface area contributed by atoms with Crippen LogP contribution in [0, 0.1) is 6.92 Å². The summed E-state index contributed by atoms with van der Waals surface area (Å²) >= 11 is 0. The molecular weight excluding hydrogens is 412 g/mol. The first-order valence-corrected chi connectivity index (χ1v) is 12.0. The average molecular weight is 441 g/mol. The molecule has 34 heavy (non-hydrogen) atoms. The molecule has 0 aliphatic carbocycles. The fourth-order valence-corrected chi connectivity index (χ4v) is 5.25. The van der Waals surface area contributed by atoms with Gasteiger partial charge in [0.2, 0.25) is 0 Å². The fraction of sp³-hybridized carbons (Fsp3) is 0.125. The molecule has 6 rings (SSSR count). The van der Waals surface area contributed by atoms with Crippen molar-refractivity contribution in [2.24, 2.45) is 0 Å². The molecule has 0 bridgehead atoms. The molecule has 1 N–H and O–H groups in total. The maximum Gasteiger partial charge on any atom is 0.0698 e. The summed E-state index contributed by atoms with van der Waals surface area (Å²) in [5, 5.41) is 7.55. The maximum absolute atomic E-state index is 3.61. The molecule has 1 unspecified atom stereocenters. The van der Waals surface area contributed by atoms with Crippen molar-refractivity contribution in [3.63, 3.8) is 0 Å². The van der Waals surface area contributed by atoms with Crippen LogP contribution in [-0.2, 0) is 6.42 Å². The largest absolute Gasteiger partial charge is 0.380 e. The molecule has 3 heterocycles. The average Bonchev–Trinajstić information content (AvgIpc) is 3.41. The van der Waals surface area contributed by atoms with Crippen molar-refractivity contribution in [1.82, 2.24) is 9.72 Å². The molecule has 0 radical (unpaired) electrons. The molecule has 0 spiro atoms. The summed E-state index contributed by atoms with van der Waals surface area (Å²) in [6, 6.07) is 30.7. The van der Waals surface area contributed by atoms with E-state index < -0.39 is 0 Å². The first kappa shape index (κ1) is 20.6. The second kappa shape index (κ2) is 8.39. The second-order valence-corrected chi connectivity index (χ2v) is 9.22. The fourth-order valence-electron chi connectivity index (χ4n) is 5.25. The molecule has 0 fully saturated rings. The molecule has 2 heteroatoms. The van der Waals surface area contributed by atoms with Crippen LogP contribution in [-0.4, -0.2) is 4.40 Å². The van der Waals surface area contributed by atoms with Gasteiger partial charge in [0.1, 0.15) is 0 Å². The third-order valence-corrected chi connectivity index (χ3v) is 6.98. The van der Waals surface area contributed by atoms with Crippen LogP contribution in [0.5, 0.6) is 0 Å². The summed E-state index contributed by atoms with van der Waals surface area (Å²) in [6.07, 6.45) is 9.96. The van der Waals surface area contributed by atoms with E-state index in [0.717, 1.165) is 6.42 Å². The Morgan fingerprint density at radius 1 is 0.853 bits per heavy atom. The van der Waals surface area contributed by atoms with Crippen molar-refractivity contribution in [1.29, 1.82) is 0 Å². The van der Waals surface area contributed by atoms with Crippen LogP contribution in [0.3, 0.4) is 0 Å². The lowest BCUT2D eigenvalue weighted by Crippen LogP contribution is -2.18. The zero-order valence-corrected chi connectivity index (χ0v) is 19.6. The molecule has 0 saturated heterocycles. The number of hydrogen-bond donors (Lipinski definition) is 1. The first-order chi connectivity index (χ1) is 16.7. The van der Waals surface area contributed by atoms with Crippen molar-refractivity contribution in [2.75, 3.05) is 0 Å². The minimum atomic E-state index is 0.186. The van der Waals surface area contributed by atoms with E-state index in [1.165, 1.54) is 55.0 Å². The topological polar surface area (TPSA) is 16.4 Å². The van der Waals surface area contributed by atoms with Gasteiger partial charge in [-0.1, -0.05) is 91.0 Å². The molecule has 5 aromatic rings. The Balaban J connectivity index is 1.30. The summed E-state index contributed by atoms with van der Waals surface area (Å²) in [5.41, 5.74) is 9.08. The Kier molecular flexibility index (Phi) is 5.07. The number of allylic oxidation sites excluding steroid dienone is 2. The SMILES string of the molecule is CC1=CC(c2cccc(C/C=c3/c4ccccc4c4c(C)ccn34)c2)NC=C1c1ccccc1. The molecule has 1 aliphatic rings. The highest BCUT2D eigenvalue weighted by Gasteiger charge is 2.15. The third-order valence-electron chi connectivity index (χ3n) is 6.98. The molecule has 2 aromatic heterocycles. The number of nitrogens with one attached hydrogen (secondary N) is 1. The predicted octanol–water partition coefficient (Wildman–Crippen LogP) is 6.77. The smallest absolute Gasteiger partial charge is 0.0698 e. The van der Waals surface area contributed by atoms with Gasteiger partial charge in [0, 0.05) is 34.1 Å². The van der Waals surface area contributed by atoms with Crippen LogP contribution in [0.2, 0.25) is 0 Å². The summed E-state index contributed by atoms with van der Waals surface area (Å²) in [6.45, 7) is 4.40. The van der Waals surface area contributed by atoms with Gasteiger partial charge in [0.25, 0.3) is 0 Å². The summed E-state index contributed by atoms with van der Waals surface area (Å²) in [5.74, 6) is 0. The molecule has 0 saturated carbocycles. The van der Waals surface area contributed by atoms with Gasteiger partial charge >= 0.3 is 0 Å². The number of nitrogens with zero attached hydrogens (tertiary/aromatic N) is 1. The van der Waals surface area contributed by atoms with E-state index in [1.807, 2.05) is 0 Å². The number of hydrogen-bond acceptors (Lipinski definition) is 1. The van der Waals surface area contributed by atoms with Crippen LogP contribution in [0.1, 0.15) is 35.2 Å². The number of benzene rings is 3. The number of aromatic nitrogens is 1. The number of fused-ring (bicyclic) bond motifs is 3. The van der Waals surface area contributed by atoms with Gasteiger partial charge in [0.05, 0.1) is 11.6 Å². The van der Waals surface area contributed by atoms with E-state index in [2.05, 4.69) is 133 Å². The van der Waals surface area contributed by atoms with Gasteiger partial charge in [0.15, 0.2) is 0 Å². The van der Waals surface area contributed by atoms with Gasteiger partial charge in [-0.3, -0.25) is 0 Å². The standard InChI is InChI=1S/C32H28N2/c1-22-17-18-34-31(27-13-6-7-14-28(27)32(22)34)16-15-24-9-8-12-26(20-24)30-19-23(2)29(21-33-30)25-10-4-3-5-11-25/h3-14,16-21,30,33H,15H2,1-2H3/b31-16-. The number of dihydropyridines is 1. The summed E-state index contributed by atoms with van der Waals surface area (Å²) < 4.78 is 2.34. The normalized spacial score (nSPS) is 16.5. The molecule has 0 amide bonds. The zero-order chi connectivity index (χ0) is 23.1. The minimum absolute atomic E-state index is 0.186. The lowest BCUT2D eigenvalue weighted by molar-refractivity contribution is 0.741.